The first-order chi connectivity index (χ1) is 15.2. The molecular weight excluding hydrogens is 398 g/mol. The lowest BCUT2D eigenvalue weighted by Crippen LogP contribution is -2.31. The van der Waals surface area contributed by atoms with Crippen molar-refractivity contribution in [3.8, 4) is 0 Å². The van der Waals surface area contributed by atoms with Crippen molar-refractivity contribution in [2.24, 2.45) is 0 Å². The second-order valence-corrected chi connectivity index (χ2v) is 9.57. The van der Waals surface area contributed by atoms with Crippen molar-refractivity contribution in [1.29, 1.82) is 0 Å². The molecular formula is C27H35N3S. The highest BCUT2D eigenvalue weighted by molar-refractivity contribution is 8.00. The first-order valence-electron chi connectivity index (χ1n) is 11.7. The summed E-state index contributed by atoms with van der Waals surface area (Å²) in [4.78, 5) is 6.51. The summed E-state index contributed by atoms with van der Waals surface area (Å²) in [6, 6.07) is 22.1. The number of aryl methyl sites for hydroxylation is 1. The Bertz CT molecular complexity index is 987. The van der Waals surface area contributed by atoms with Gasteiger partial charge in [0, 0.05) is 30.2 Å². The number of unbranched alkanes of at least 4 members (excludes halogenated alkanes) is 1. The molecule has 0 aliphatic carbocycles. The van der Waals surface area contributed by atoms with Crippen LogP contribution in [0.4, 0.5) is 5.69 Å². The highest BCUT2D eigenvalue weighted by Crippen LogP contribution is 2.27. The molecule has 3 aromatic rings. The van der Waals surface area contributed by atoms with E-state index in [0.29, 0.717) is 0 Å². The summed E-state index contributed by atoms with van der Waals surface area (Å²) in [5.74, 6) is 0. The molecule has 0 aromatic heterocycles. The van der Waals surface area contributed by atoms with Gasteiger partial charge in [-0.25, -0.2) is 0 Å². The first kappa shape index (κ1) is 22.2. The van der Waals surface area contributed by atoms with E-state index in [0.717, 1.165) is 6.54 Å². The summed E-state index contributed by atoms with van der Waals surface area (Å²) in [6.07, 6.45) is 3.89. The highest BCUT2D eigenvalue weighted by atomic mass is 32.2. The predicted molar refractivity (Wildman–Crippen MR) is 136 cm³/mol. The number of hydrogen-bond acceptors (Lipinski definition) is 4. The van der Waals surface area contributed by atoms with Gasteiger partial charge in [0.25, 0.3) is 0 Å². The van der Waals surface area contributed by atoms with Gasteiger partial charge in [-0.1, -0.05) is 55.8 Å². The SMILES string of the molecule is CCCCN1CCCN(Cc2ccc(C)c(NSc3ccc4ccccc4c3)c2)CC1. The van der Waals surface area contributed by atoms with Crippen molar-refractivity contribution in [2.75, 3.05) is 37.4 Å². The maximum absolute atomic E-state index is 3.60. The smallest absolute Gasteiger partial charge is 0.0475 e. The molecule has 0 radical (unpaired) electrons. The van der Waals surface area contributed by atoms with Gasteiger partial charge in [-0.15, -0.1) is 0 Å². The Morgan fingerprint density at radius 1 is 0.871 bits per heavy atom. The van der Waals surface area contributed by atoms with E-state index in [9.17, 15) is 0 Å². The molecule has 1 fully saturated rings. The Morgan fingerprint density at radius 2 is 1.68 bits per heavy atom. The third kappa shape index (κ3) is 6.25. The van der Waals surface area contributed by atoms with Crippen LogP contribution in [0.5, 0.6) is 0 Å². The van der Waals surface area contributed by atoms with Crippen LogP contribution < -0.4 is 4.72 Å². The van der Waals surface area contributed by atoms with Gasteiger partial charge in [-0.2, -0.15) is 0 Å². The molecule has 164 valence electrons. The van der Waals surface area contributed by atoms with Crippen molar-refractivity contribution in [3.05, 3.63) is 71.8 Å². The van der Waals surface area contributed by atoms with Crippen LogP contribution in [0.2, 0.25) is 0 Å². The van der Waals surface area contributed by atoms with Crippen LogP contribution in [0, 0.1) is 6.92 Å². The van der Waals surface area contributed by atoms with E-state index < -0.39 is 0 Å². The number of benzene rings is 3. The average Bonchev–Trinajstić information content (AvgIpc) is 3.03. The topological polar surface area (TPSA) is 18.5 Å². The molecule has 1 aliphatic rings. The Kier molecular flexibility index (Phi) is 7.90. The zero-order valence-electron chi connectivity index (χ0n) is 18.9. The number of nitrogens with one attached hydrogen (secondary N) is 1. The molecule has 1 saturated heterocycles. The summed E-state index contributed by atoms with van der Waals surface area (Å²) in [6.45, 7) is 11.6. The van der Waals surface area contributed by atoms with E-state index in [2.05, 4.69) is 89.0 Å². The average molecular weight is 434 g/mol. The van der Waals surface area contributed by atoms with Crippen LogP contribution in [0.15, 0.2) is 65.6 Å². The minimum absolute atomic E-state index is 1.04. The van der Waals surface area contributed by atoms with Crippen molar-refractivity contribution in [3.63, 3.8) is 0 Å². The second kappa shape index (κ2) is 11.0. The normalized spacial score (nSPS) is 15.8. The number of anilines is 1. The number of nitrogens with zero attached hydrogens (tertiary/aromatic N) is 2. The minimum atomic E-state index is 1.04. The third-order valence-corrected chi connectivity index (χ3v) is 7.03. The molecule has 0 spiro atoms. The predicted octanol–water partition coefficient (Wildman–Crippen LogP) is 6.58. The molecule has 0 bridgehead atoms. The van der Waals surface area contributed by atoms with Gasteiger partial charge in [-0.05, 0) is 91.4 Å². The summed E-state index contributed by atoms with van der Waals surface area (Å²) < 4.78 is 3.60. The molecule has 0 saturated carbocycles. The summed E-state index contributed by atoms with van der Waals surface area (Å²) in [7, 11) is 0. The molecule has 4 heteroatoms. The lowest BCUT2D eigenvalue weighted by atomic mass is 10.1. The quantitative estimate of drug-likeness (QED) is 0.405. The summed E-state index contributed by atoms with van der Waals surface area (Å²) >= 11 is 1.70. The monoisotopic (exact) mass is 433 g/mol. The van der Waals surface area contributed by atoms with Gasteiger partial charge in [0.2, 0.25) is 0 Å². The maximum Gasteiger partial charge on any atom is 0.0475 e. The molecule has 3 nitrogen and oxygen atoms in total. The zero-order chi connectivity index (χ0) is 21.5. The summed E-state index contributed by atoms with van der Waals surface area (Å²) in [5.41, 5.74) is 3.91. The van der Waals surface area contributed by atoms with Crippen LogP contribution in [-0.2, 0) is 6.54 Å². The van der Waals surface area contributed by atoms with Crippen LogP contribution in [0.1, 0.15) is 37.3 Å². The second-order valence-electron chi connectivity index (χ2n) is 8.69. The van der Waals surface area contributed by atoms with Gasteiger partial charge in [0.05, 0.1) is 0 Å². The van der Waals surface area contributed by atoms with Crippen LogP contribution >= 0.6 is 11.9 Å². The van der Waals surface area contributed by atoms with Crippen molar-refractivity contribution in [2.45, 2.75) is 44.6 Å². The van der Waals surface area contributed by atoms with Gasteiger partial charge in [0.1, 0.15) is 0 Å². The molecule has 31 heavy (non-hydrogen) atoms. The van der Waals surface area contributed by atoms with Crippen molar-refractivity contribution in [1.82, 2.24) is 9.80 Å². The first-order valence-corrected chi connectivity index (χ1v) is 12.5. The fourth-order valence-corrected chi connectivity index (χ4v) is 5.04. The largest absolute Gasteiger partial charge is 0.325 e. The maximum atomic E-state index is 3.60. The van der Waals surface area contributed by atoms with Gasteiger partial charge in [0.15, 0.2) is 0 Å². The highest BCUT2D eigenvalue weighted by Gasteiger charge is 2.15. The van der Waals surface area contributed by atoms with E-state index in [4.69, 9.17) is 0 Å². The molecule has 4 rings (SSSR count). The number of fused-ring (bicyclic) bond motifs is 1. The Labute approximate surface area is 192 Å². The Balaban J connectivity index is 1.36. The van der Waals surface area contributed by atoms with Crippen molar-refractivity contribution < 1.29 is 0 Å². The molecule has 1 heterocycles. The molecule has 3 aromatic carbocycles. The fraction of sp³-hybridized carbons (Fsp3) is 0.407. The zero-order valence-corrected chi connectivity index (χ0v) is 19.8. The summed E-state index contributed by atoms with van der Waals surface area (Å²) in [5, 5.41) is 2.57. The molecule has 1 N–H and O–H groups in total. The lowest BCUT2D eigenvalue weighted by molar-refractivity contribution is 0.249. The molecule has 0 atom stereocenters. The molecule has 0 amide bonds. The lowest BCUT2D eigenvalue weighted by Gasteiger charge is -2.22. The minimum Gasteiger partial charge on any atom is -0.325 e. The fourth-order valence-electron chi connectivity index (χ4n) is 4.27. The van der Waals surface area contributed by atoms with Crippen molar-refractivity contribution >= 4 is 28.4 Å². The van der Waals surface area contributed by atoms with E-state index >= 15 is 0 Å². The number of hydrogen-bond donors (Lipinski definition) is 1. The van der Waals surface area contributed by atoms with Gasteiger partial charge < -0.3 is 9.62 Å². The Hall–Kier alpha value is -2.01. The van der Waals surface area contributed by atoms with E-state index in [-0.39, 0.29) is 0 Å². The van der Waals surface area contributed by atoms with Gasteiger partial charge >= 0.3 is 0 Å². The van der Waals surface area contributed by atoms with E-state index in [1.54, 1.807) is 11.9 Å². The molecule has 0 unspecified atom stereocenters. The third-order valence-electron chi connectivity index (χ3n) is 6.22. The van der Waals surface area contributed by atoms with Crippen LogP contribution in [-0.4, -0.2) is 42.5 Å². The standard InChI is InChI=1S/C27H35N3S/c1-3-4-14-29-15-7-16-30(18-17-29)21-23-11-10-22(2)27(19-23)28-31-26-13-12-24-8-5-6-9-25(24)20-26/h5-6,8-13,19-20,28H,3-4,7,14-18,21H2,1-2H3. The van der Waals surface area contributed by atoms with Crippen LogP contribution in [0.3, 0.4) is 0 Å². The Morgan fingerprint density at radius 3 is 2.55 bits per heavy atom. The molecule has 1 aliphatic heterocycles. The number of rotatable bonds is 8. The van der Waals surface area contributed by atoms with Crippen LogP contribution in [0.25, 0.3) is 10.8 Å². The van der Waals surface area contributed by atoms with E-state index in [1.807, 2.05) is 0 Å². The van der Waals surface area contributed by atoms with Gasteiger partial charge in [-0.3, -0.25) is 4.90 Å². The van der Waals surface area contributed by atoms with E-state index in [1.165, 1.54) is 84.5 Å².